The second-order valence-electron chi connectivity index (χ2n) is 6.45. The Balaban J connectivity index is 1.83. The fourth-order valence-corrected chi connectivity index (χ4v) is 3.49. The van der Waals surface area contributed by atoms with Crippen molar-refractivity contribution in [1.82, 2.24) is 9.97 Å². The highest BCUT2D eigenvalue weighted by atomic mass is 16.4. The SMILES string of the molecule is Cc1nc(-c2ccc(CC3CCCC3)cc2)nc(C)c1C(=O)O. The Hall–Kier alpha value is -2.23. The fraction of sp³-hybridized carbons (Fsp3) is 0.421. The third-order valence-electron chi connectivity index (χ3n) is 4.70. The quantitative estimate of drug-likeness (QED) is 0.919. The maximum absolute atomic E-state index is 11.2. The van der Waals surface area contributed by atoms with E-state index in [1.54, 1.807) is 13.8 Å². The van der Waals surface area contributed by atoms with Crippen molar-refractivity contribution >= 4 is 5.97 Å². The van der Waals surface area contributed by atoms with E-state index < -0.39 is 5.97 Å². The van der Waals surface area contributed by atoms with Gasteiger partial charge in [0.05, 0.1) is 11.4 Å². The van der Waals surface area contributed by atoms with Gasteiger partial charge in [0.25, 0.3) is 0 Å². The Morgan fingerprint density at radius 3 is 2.17 bits per heavy atom. The average molecular weight is 310 g/mol. The lowest BCUT2D eigenvalue weighted by Gasteiger charge is -2.10. The molecule has 0 radical (unpaired) electrons. The molecule has 23 heavy (non-hydrogen) atoms. The van der Waals surface area contributed by atoms with Crippen LogP contribution >= 0.6 is 0 Å². The number of carboxylic acid groups (broad SMARTS) is 1. The molecule has 4 nitrogen and oxygen atoms in total. The van der Waals surface area contributed by atoms with Crippen molar-refractivity contribution < 1.29 is 9.90 Å². The van der Waals surface area contributed by atoms with Crippen LogP contribution in [0.5, 0.6) is 0 Å². The third kappa shape index (κ3) is 3.41. The number of hydrogen-bond acceptors (Lipinski definition) is 3. The van der Waals surface area contributed by atoms with Gasteiger partial charge in [-0.3, -0.25) is 0 Å². The summed E-state index contributed by atoms with van der Waals surface area (Å²) in [5, 5.41) is 9.20. The van der Waals surface area contributed by atoms with E-state index in [-0.39, 0.29) is 5.56 Å². The number of hydrogen-bond donors (Lipinski definition) is 1. The van der Waals surface area contributed by atoms with E-state index in [1.807, 2.05) is 12.1 Å². The number of aryl methyl sites for hydroxylation is 2. The van der Waals surface area contributed by atoms with Gasteiger partial charge in [0, 0.05) is 5.56 Å². The summed E-state index contributed by atoms with van der Waals surface area (Å²) in [7, 11) is 0. The first-order valence-corrected chi connectivity index (χ1v) is 8.22. The van der Waals surface area contributed by atoms with E-state index in [1.165, 1.54) is 31.2 Å². The molecule has 1 aliphatic carbocycles. The molecule has 1 saturated carbocycles. The fourth-order valence-electron chi connectivity index (χ4n) is 3.49. The largest absolute Gasteiger partial charge is 0.478 e. The molecule has 120 valence electrons. The third-order valence-corrected chi connectivity index (χ3v) is 4.70. The summed E-state index contributed by atoms with van der Waals surface area (Å²) < 4.78 is 0. The van der Waals surface area contributed by atoms with Crippen LogP contribution in [-0.2, 0) is 6.42 Å². The minimum absolute atomic E-state index is 0.201. The lowest BCUT2D eigenvalue weighted by Crippen LogP contribution is -2.08. The van der Waals surface area contributed by atoms with Crippen molar-refractivity contribution in [1.29, 1.82) is 0 Å². The molecule has 0 bridgehead atoms. The van der Waals surface area contributed by atoms with Gasteiger partial charge in [-0.15, -0.1) is 0 Å². The van der Waals surface area contributed by atoms with E-state index >= 15 is 0 Å². The summed E-state index contributed by atoms with van der Waals surface area (Å²) >= 11 is 0. The second kappa shape index (κ2) is 6.49. The lowest BCUT2D eigenvalue weighted by molar-refractivity contribution is 0.0694. The van der Waals surface area contributed by atoms with Gasteiger partial charge < -0.3 is 5.11 Å². The van der Waals surface area contributed by atoms with Crippen molar-refractivity contribution in [2.75, 3.05) is 0 Å². The van der Waals surface area contributed by atoms with Crippen LogP contribution < -0.4 is 0 Å². The number of rotatable bonds is 4. The normalized spacial score (nSPS) is 15.0. The summed E-state index contributed by atoms with van der Waals surface area (Å²) in [6.07, 6.45) is 6.58. The van der Waals surface area contributed by atoms with Gasteiger partial charge in [-0.2, -0.15) is 0 Å². The molecule has 0 atom stereocenters. The first-order chi connectivity index (χ1) is 11.0. The molecule has 1 fully saturated rings. The summed E-state index contributed by atoms with van der Waals surface area (Å²) in [5.41, 5.74) is 3.51. The Morgan fingerprint density at radius 2 is 1.65 bits per heavy atom. The molecule has 0 unspecified atom stereocenters. The zero-order chi connectivity index (χ0) is 16.4. The minimum atomic E-state index is -0.974. The molecule has 0 spiro atoms. The predicted molar refractivity (Wildman–Crippen MR) is 89.6 cm³/mol. The summed E-state index contributed by atoms with van der Waals surface area (Å²) in [6.45, 7) is 3.44. The molecule has 1 aromatic heterocycles. The van der Waals surface area contributed by atoms with Crippen LogP contribution in [0.25, 0.3) is 11.4 Å². The van der Waals surface area contributed by atoms with Crippen molar-refractivity contribution in [3.8, 4) is 11.4 Å². The van der Waals surface area contributed by atoms with E-state index in [4.69, 9.17) is 0 Å². The Labute approximate surface area is 136 Å². The monoisotopic (exact) mass is 310 g/mol. The topological polar surface area (TPSA) is 63.1 Å². The van der Waals surface area contributed by atoms with Gasteiger partial charge >= 0.3 is 5.97 Å². The van der Waals surface area contributed by atoms with Crippen molar-refractivity contribution in [2.24, 2.45) is 5.92 Å². The van der Waals surface area contributed by atoms with Gasteiger partial charge in [0.15, 0.2) is 5.82 Å². The minimum Gasteiger partial charge on any atom is -0.478 e. The molecule has 1 N–H and O–H groups in total. The van der Waals surface area contributed by atoms with Gasteiger partial charge in [-0.25, -0.2) is 14.8 Å². The highest BCUT2D eigenvalue weighted by molar-refractivity contribution is 5.90. The molecule has 1 aliphatic rings. The predicted octanol–water partition coefficient (Wildman–Crippen LogP) is 4.19. The molecule has 4 heteroatoms. The summed E-state index contributed by atoms with van der Waals surface area (Å²) in [6, 6.07) is 8.37. The number of aromatic carboxylic acids is 1. The molecule has 0 amide bonds. The van der Waals surface area contributed by atoms with Crippen LogP contribution in [0.4, 0.5) is 0 Å². The molecule has 3 rings (SSSR count). The van der Waals surface area contributed by atoms with Crippen molar-refractivity contribution in [3.05, 3.63) is 46.8 Å². The van der Waals surface area contributed by atoms with Crippen LogP contribution in [0.1, 0.15) is 53.0 Å². The van der Waals surface area contributed by atoms with Crippen LogP contribution in [0.3, 0.4) is 0 Å². The maximum atomic E-state index is 11.2. The molecule has 1 aromatic carbocycles. The van der Waals surface area contributed by atoms with Crippen LogP contribution in [0.15, 0.2) is 24.3 Å². The molecule has 2 aromatic rings. The Kier molecular flexibility index (Phi) is 4.42. The zero-order valence-corrected chi connectivity index (χ0v) is 13.7. The Morgan fingerprint density at radius 1 is 1.09 bits per heavy atom. The first kappa shape index (κ1) is 15.7. The van der Waals surface area contributed by atoms with Gasteiger partial charge in [0.2, 0.25) is 0 Å². The van der Waals surface area contributed by atoms with Gasteiger partial charge in [-0.05, 0) is 31.7 Å². The Bertz CT molecular complexity index is 694. The number of benzene rings is 1. The number of aromatic nitrogens is 2. The molecular formula is C19H22N2O2. The standard InChI is InChI=1S/C19H22N2O2/c1-12-17(19(22)23)13(2)21-18(20-12)16-9-7-15(8-10-16)11-14-5-3-4-6-14/h7-10,14H,3-6,11H2,1-2H3,(H,22,23). The zero-order valence-electron chi connectivity index (χ0n) is 13.7. The highest BCUT2D eigenvalue weighted by Crippen LogP contribution is 2.28. The first-order valence-electron chi connectivity index (χ1n) is 8.22. The molecular weight excluding hydrogens is 288 g/mol. The van der Waals surface area contributed by atoms with Crippen molar-refractivity contribution in [3.63, 3.8) is 0 Å². The smallest absolute Gasteiger partial charge is 0.339 e. The molecule has 0 aliphatic heterocycles. The number of nitrogens with zero attached hydrogens (tertiary/aromatic N) is 2. The van der Waals surface area contributed by atoms with Gasteiger partial charge in [0.1, 0.15) is 5.56 Å². The van der Waals surface area contributed by atoms with E-state index in [0.717, 1.165) is 17.9 Å². The summed E-state index contributed by atoms with van der Waals surface area (Å²) in [4.78, 5) is 20.0. The van der Waals surface area contributed by atoms with E-state index in [0.29, 0.717) is 17.2 Å². The van der Waals surface area contributed by atoms with Gasteiger partial charge in [-0.1, -0.05) is 49.9 Å². The number of carbonyl (C=O) groups is 1. The van der Waals surface area contributed by atoms with Crippen LogP contribution in [0, 0.1) is 19.8 Å². The molecule has 1 heterocycles. The van der Waals surface area contributed by atoms with Crippen molar-refractivity contribution in [2.45, 2.75) is 46.0 Å². The maximum Gasteiger partial charge on any atom is 0.339 e. The summed E-state index contributed by atoms with van der Waals surface area (Å²) in [5.74, 6) is 0.451. The highest BCUT2D eigenvalue weighted by Gasteiger charge is 2.17. The van der Waals surface area contributed by atoms with Crippen LogP contribution in [-0.4, -0.2) is 21.0 Å². The lowest BCUT2D eigenvalue weighted by atomic mass is 9.97. The number of carboxylic acids is 1. The van der Waals surface area contributed by atoms with E-state index in [2.05, 4.69) is 22.1 Å². The molecule has 0 saturated heterocycles. The van der Waals surface area contributed by atoms with Crippen LogP contribution in [0.2, 0.25) is 0 Å². The second-order valence-corrected chi connectivity index (χ2v) is 6.45. The van der Waals surface area contributed by atoms with E-state index in [9.17, 15) is 9.90 Å². The average Bonchev–Trinajstić information content (AvgIpc) is 2.99.